The van der Waals surface area contributed by atoms with E-state index in [0.717, 1.165) is 50.3 Å². The van der Waals surface area contributed by atoms with Crippen molar-refractivity contribution in [3.8, 4) is 34.1 Å². The van der Waals surface area contributed by atoms with Crippen molar-refractivity contribution < 1.29 is 9.13 Å². The molecule has 0 N–H and O–H groups in total. The summed E-state index contributed by atoms with van der Waals surface area (Å²) in [5.74, 6) is 2.37. The van der Waals surface area contributed by atoms with E-state index in [1.165, 1.54) is 28.5 Å². The number of ether oxygens (including phenoxy) is 1. The normalized spacial score (nSPS) is 12.5. The molecule has 4 aromatic carbocycles. The number of hydrogen-bond donors (Lipinski definition) is 0. The van der Waals surface area contributed by atoms with Crippen molar-refractivity contribution in [1.29, 1.82) is 0 Å². The van der Waals surface area contributed by atoms with Gasteiger partial charge in [0.05, 0.1) is 28.1 Å². The van der Waals surface area contributed by atoms with E-state index in [9.17, 15) is 4.39 Å². The second-order valence-corrected chi connectivity index (χ2v) is 16.6. The van der Waals surface area contributed by atoms with Crippen molar-refractivity contribution in [2.45, 2.75) is 91.9 Å². The van der Waals surface area contributed by atoms with Gasteiger partial charge in [-0.3, -0.25) is 4.57 Å². The largest absolute Gasteiger partial charge is 0.457 e. The molecule has 0 saturated heterocycles. The smallest absolute Gasteiger partial charge is 0.137 e. The van der Waals surface area contributed by atoms with E-state index in [1.54, 1.807) is 6.07 Å². The highest BCUT2D eigenvalue weighted by Gasteiger charge is 2.26. The molecule has 7 aromatic rings. The van der Waals surface area contributed by atoms with Crippen molar-refractivity contribution in [2.24, 2.45) is 0 Å². The van der Waals surface area contributed by atoms with Gasteiger partial charge in [-0.05, 0) is 94.0 Å². The minimum atomic E-state index is -0.273. The molecule has 6 heteroatoms. The predicted octanol–water partition coefficient (Wildman–Crippen LogP) is 12.8. The number of pyridine rings is 1. The zero-order valence-electron chi connectivity index (χ0n) is 32.0. The van der Waals surface area contributed by atoms with E-state index in [-0.39, 0.29) is 28.5 Å². The first-order valence-corrected chi connectivity index (χ1v) is 18.3. The molecule has 0 atom stereocenters. The lowest BCUT2D eigenvalue weighted by Gasteiger charge is -2.22. The van der Waals surface area contributed by atoms with Gasteiger partial charge in [-0.15, -0.1) is 0 Å². The fourth-order valence-electron chi connectivity index (χ4n) is 7.11. The lowest BCUT2D eigenvalue weighted by atomic mass is 9.86. The van der Waals surface area contributed by atoms with E-state index >= 15 is 0 Å². The molecule has 0 radical (unpaired) electrons. The quantitative estimate of drug-likeness (QED) is 0.167. The minimum Gasteiger partial charge on any atom is -0.457 e. The highest BCUT2D eigenvalue weighted by Crippen LogP contribution is 2.41. The summed E-state index contributed by atoms with van der Waals surface area (Å²) in [4.78, 5) is 4.80. The standard InChI is InChI=1S/C46H49FN4O/c1-28(2)43-42(30-14-12-11-13-15-30)44(29(3)4)51(49-43)34-22-32(46(8,9)10)23-36(26-34)52-35-17-18-37-38-25-33(47)16-19-39(38)50(40(37)27-35)41-24-31(20-21-48-41)45(5,6)7/h11-29H,1-10H3. The zero-order valence-corrected chi connectivity index (χ0v) is 32.0. The molecule has 0 fully saturated rings. The molecule has 0 aliphatic rings. The summed E-state index contributed by atoms with van der Waals surface area (Å²) >= 11 is 0. The minimum absolute atomic E-state index is 0.0611. The van der Waals surface area contributed by atoms with Gasteiger partial charge in [0, 0.05) is 34.7 Å². The number of aromatic nitrogens is 4. The van der Waals surface area contributed by atoms with E-state index in [0.29, 0.717) is 5.75 Å². The number of fused-ring (bicyclic) bond motifs is 3. The summed E-state index contributed by atoms with van der Waals surface area (Å²) < 4.78 is 25.7. The van der Waals surface area contributed by atoms with Crippen molar-refractivity contribution >= 4 is 21.8 Å². The van der Waals surface area contributed by atoms with Gasteiger partial charge in [-0.2, -0.15) is 5.10 Å². The Kier molecular flexibility index (Phi) is 8.85. The van der Waals surface area contributed by atoms with Gasteiger partial charge >= 0.3 is 0 Å². The topological polar surface area (TPSA) is 44.9 Å². The van der Waals surface area contributed by atoms with E-state index in [2.05, 4.69) is 139 Å². The van der Waals surface area contributed by atoms with Crippen LogP contribution in [0.1, 0.15) is 104 Å². The molecule has 5 nitrogen and oxygen atoms in total. The van der Waals surface area contributed by atoms with Crippen LogP contribution in [0.15, 0.2) is 103 Å². The van der Waals surface area contributed by atoms with Crippen LogP contribution in [-0.2, 0) is 10.8 Å². The molecule has 52 heavy (non-hydrogen) atoms. The highest BCUT2D eigenvalue weighted by atomic mass is 19.1. The molecule has 3 heterocycles. The van der Waals surface area contributed by atoms with Crippen molar-refractivity contribution in [2.75, 3.05) is 0 Å². The number of rotatable bonds is 7. The molecule has 266 valence electrons. The Labute approximate surface area is 307 Å². The van der Waals surface area contributed by atoms with Gasteiger partial charge in [0.2, 0.25) is 0 Å². The molecule has 0 aliphatic heterocycles. The van der Waals surface area contributed by atoms with Crippen LogP contribution in [-0.4, -0.2) is 19.3 Å². The van der Waals surface area contributed by atoms with E-state index in [1.807, 2.05) is 30.5 Å². The SMILES string of the molecule is CC(C)c1nn(-c2cc(Oc3ccc4c5cc(F)ccc5n(-c5cc(C(C)(C)C)ccn5)c4c3)cc(C(C)(C)C)c2)c(C(C)C)c1-c1ccccc1. The Bertz CT molecular complexity index is 2420. The Morgan fingerprint density at radius 2 is 1.38 bits per heavy atom. The number of benzene rings is 4. The Morgan fingerprint density at radius 3 is 2.06 bits per heavy atom. The average molecular weight is 693 g/mol. The van der Waals surface area contributed by atoms with Gasteiger partial charge in [0.1, 0.15) is 23.1 Å². The van der Waals surface area contributed by atoms with Crippen LogP contribution < -0.4 is 4.74 Å². The number of hydrogen-bond acceptors (Lipinski definition) is 3. The lowest BCUT2D eigenvalue weighted by Crippen LogP contribution is -2.13. The first-order valence-electron chi connectivity index (χ1n) is 18.3. The van der Waals surface area contributed by atoms with Gasteiger partial charge in [-0.25, -0.2) is 14.1 Å². The van der Waals surface area contributed by atoms with Crippen LogP contribution in [0.25, 0.3) is 44.4 Å². The molecule has 0 saturated carbocycles. The third kappa shape index (κ3) is 6.51. The van der Waals surface area contributed by atoms with Gasteiger partial charge in [0.25, 0.3) is 0 Å². The molecule has 3 aromatic heterocycles. The number of halogens is 1. The van der Waals surface area contributed by atoms with Crippen LogP contribution in [0, 0.1) is 5.82 Å². The number of nitrogens with zero attached hydrogens (tertiary/aromatic N) is 4. The van der Waals surface area contributed by atoms with Gasteiger partial charge < -0.3 is 4.74 Å². The van der Waals surface area contributed by atoms with Crippen molar-refractivity contribution in [3.05, 3.63) is 132 Å². The van der Waals surface area contributed by atoms with Crippen molar-refractivity contribution in [3.63, 3.8) is 0 Å². The molecule has 0 unspecified atom stereocenters. The maximum atomic E-state index is 14.7. The summed E-state index contributed by atoms with van der Waals surface area (Å²) in [6.45, 7) is 22.1. The second kappa shape index (κ2) is 13.1. The van der Waals surface area contributed by atoms with E-state index in [4.69, 9.17) is 14.8 Å². The van der Waals surface area contributed by atoms with Gasteiger partial charge in [0.15, 0.2) is 0 Å². The average Bonchev–Trinajstić information content (AvgIpc) is 3.65. The van der Waals surface area contributed by atoms with Crippen LogP contribution in [0.3, 0.4) is 0 Å². The molecule has 0 amide bonds. The first-order chi connectivity index (χ1) is 24.6. The van der Waals surface area contributed by atoms with Crippen LogP contribution >= 0.6 is 0 Å². The van der Waals surface area contributed by atoms with Crippen LogP contribution in [0.4, 0.5) is 4.39 Å². The zero-order chi connectivity index (χ0) is 37.1. The Morgan fingerprint density at radius 1 is 0.654 bits per heavy atom. The summed E-state index contributed by atoms with van der Waals surface area (Å²) in [5, 5.41) is 7.07. The fourth-order valence-corrected chi connectivity index (χ4v) is 7.11. The third-order valence-electron chi connectivity index (χ3n) is 9.88. The molecule has 0 spiro atoms. The lowest BCUT2D eigenvalue weighted by molar-refractivity contribution is 0.478. The predicted molar refractivity (Wildman–Crippen MR) is 213 cm³/mol. The highest BCUT2D eigenvalue weighted by molar-refractivity contribution is 6.09. The Hall–Kier alpha value is -5.23. The second-order valence-electron chi connectivity index (χ2n) is 16.6. The van der Waals surface area contributed by atoms with Crippen LogP contribution in [0.5, 0.6) is 11.5 Å². The summed E-state index contributed by atoms with van der Waals surface area (Å²) in [6.07, 6.45) is 1.85. The van der Waals surface area contributed by atoms with Crippen LogP contribution in [0.2, 0.25) is 0 Å². The monoisotopic (exact) mass is 692 g/mol. The summed E-state index contributed by atoms with van der Waals surface area (Å²) in [7, 11) is 0. The molecular weight excluding hydrogens is 644 g/mol. The van der Waals surface area contributed by atoms with Gasteiger partial charge in [-0.1, -0.05) is 99.6 Å². The fraction of sp³-hybridized carbons (Fsp3) is 0.304. The summed E-state index contributed by atoms with van der Waals surface area (Å²) in [5.41, 5.74) is 9.49. The maximum Gasteiger partial charge on any atom is 0.137 e. The van der Waals surface area contributed by atoms with E-state index < -0.39 is 0 Å². The van der Waals surface area contributed by atoms with Crippen molar-refractivity contribution in [1.82, 2.24) is 19.3 Å². The maximum absolute atomic E-state index is 14.7. The molecular formula is C46H49FN4O. The molecule has 0 bridgehead atoms. The summed E-state index contributed by atoms with van der Waals surface area (Å²) in [6, 6.07) is 32.2. The molecule has 0 aliphatic carbocycles. The first kappa shape index (κ1) is 35.2. The third-order valence-corrected chi connectivity index (χ3v) is 9.88. The Balaban J connectivity index is 1.40. The molecule has 7 rings (SSSR count).